The molecule has 0 saturated heterocycles. The minimum absolute atomic E-state index is 0.181. The Labute approximate surface area is 128 Å². The Kier molecular flexibility index (Phi) is 2.99. The molecule has 0 bridgehead atoms. The van der Waals surface area contributed by atoms with Crippen molar-refractivity contribution in [2.45, 2.75) is 31.7 Å². The summed E-state index contributed by atoms with van der Waals surface area (Å²) in [7, 11) is 0. The lowest BCUT2D eigenvalue weighted by Gasteiger charge is -2.40. The maximum Gasteiger partial charge on any atom is 0.116 e. The molecule has 0 atom stereocenters. The average molecular weight is 291 g/mol. The van der Waals surface area contributed by atoms with Gasteiger partial charge in [0.1, 0.15) is 6.33 Å². The van der Waals surface area contributed by atoms with Crippen molar-refractivity contribution in [1.29, 1.82) is 0 Å². The second kappa shape index (κ2) is 5.02. The highest BCUT2D eigenvalue weighted by atomic mass is 15.0. The van der Waals surface area contributed by atoms with Gasteiger partial charge in [-0.05, 0) is 44.4 Å². The number of pyridine rings is 2. The zero-order chi connectivity index (χ0) is 15.0. The number of fused-ring (bicyclic) bond motifs is 1. The summed E-state index contributed by atoms with van der Waals surface area (Å²) >= 11 is 0. The van der Waals surface area contributed by atoms with Gasteiger partial charge in [0.05, 0.1) is 23.1 Å². The summed E-state index contributed by atoms with van der Waals surface area (Å²) in [6, 6.07) is 5.96. The quantitative estimate of drug-likeness (QED) is 0.801. The van der Waals surface area contributed by atoms with Gasteiger partial charge in [0.15, 0.2) is 0 Å². The minimum Gasteiger partial charge on any atom is -0.379 e. The van der Waals surface area contributed by atoms with E-state index in [1.807, 2.05) is 18.3 Å². The highest BCUT2D eigenvalue weighted by Crippen LogP contribution is 2.37. The first-order chi connectivity index (χ1) is 10.7. The van der Waals surface area contributed by atoms with Crippen LogP contribution in [0.25, 0.3) is 22.3 Å². The van der Waals surface area contributed by atoms with E-state index in [1.54, 1.807) is 18.7 Å². The lowest BCUT2D eigenvalue weighted by molar-refractivity contribution is 0.307. The van der Waals surface area contributed by atoms with Crippen molar-refractivity contribution in [3.05, 3.63) is 43.1 Å². The SMILES string of the molecule is CC1(Nc2cc(-c3ccncn3)nc3cnccc23)CCC1. The van der Waals surface area contributed by atoms with E-state index in [4.69, 9.17) is 0 Å². The summed E-state index contributed by atoms with van der Waals surface area (Å²) in [6.07, 6.45) is 10.6. The lowest BCUT2D eigenvalue weighted by Crippen LogP contribution is -2.41. The van der Waals surface area contributed by atoms with Crippen LogP contribution in [-0.4, -0.2) is 25.5 Å². The van der Waals surface area contributed by atoms with E-state index in [1.165, 1.54) is 19.3 Å². The van der Waals surface area contributed by atoms with Crippen LogP contribution in [0.1, 0.15) is 26.2 Å². The van der Waals surface area contributed by atoms with E-state index < -0.39 is 0 Å². The number of hydrogen-bond acceptors (Lipinski definition) is 5. The first-order valence-electron chi connectivity index (χ1n) is 7.53. The molecule has 1 aliphatic rings. The normalized spacial score (nSPS) is 16.2. The van der Waals surface area contributed by atoms with Gasteiger partial charge in [-0.1, -0.05) is 0 Å². The molecule has 0 aromatic carbocycles. The Morgan fingerprint density at radius 2 is 1.95 bits per heavy atom. The second-order valence-corrected chi connectivity index (χ2v) is 6.08. The molecular formula is C17H17N5. The summed E-state index contributed by atoms with van der Waals surface area (Å²) in [5.74, 6) is 0. The second-order valence-electron chi connectivity index (χ2n) is 6.08. The number of nitrogens with one attached hydrogen (secondary N) is 1. The molecule has 0 aliphatic heterocycles. The molecule has 3 aromatic heterocycles. The van der Waals surface area contributed by atoms with Crippen LogP contribution < -0.4 is 5.32 Å². The molecule has 4 rings (SSSR count). The minimum atomic E-state index is 0.181. The summed E-state index contributed by atoms with van der Waals surface area (Å²) in [4.78, 5) is 17.2. The predicted molar refractivity (Wildman–Crippen MR) is 86.4 cm³/mol. The van der Waals surface area contributed by atoms with Gasteiger partial charge in [0.25, 0.3) is 0 Å². The summed E-state index contributed by atoms with van der Waals surface area (Å²) < 4.78 is 0. The molecule has 0 spiro atoms. The Hall–Kier alpha value is -2.56. The molecule has 0 unspecified atom stereocenters. The molecule has 3 aromatic rings. The van der Waals surface area contributed by atoms with Gasteiger partial charge in [0, 0.05) is 29.0 Å². The van der Waals surface area contributed by atoms with Gasteiger partial charge in [-0.15, -0.1) is 0 Å². The van der Waals surface area contributed by atoms with Gasteiger partial charge in [-0.25, -0.2) is 15.0 Å². The molecule has 5 heteroatoms. The highest BCUT2D eigenvalue weighted by Gasteiger charge is 2.32. The molecule has 1 aliphatic carbocycles. The van der Waals surface area contributed by atoms with E-state index >= 15 is 0 Å². The van der Waals surface area contributed by atoms with Crippen LogP contribution in [-0.2, 0) is 0 Å². The average Bonchev–Trinajstić information content (AvgIpc) is 2.54. The largest absolute Gasteiger partial charge is 0.379 e. The number of rotatable bonds is 3. The summed E-state index contributed by atoms with van der Waals surface area (Å²) in [5.41, 5.74) is 3.82. The fourth-order valence-corrected chi connectivity index (χ4v) is 2.91. The molecule has 22 heavy (non-hydrogen) atoms. The van der Waals surface area contributed by atoms with Crippen LogP contribution in [0.5, 0.6) is 0 Å². The van der Waals surface area contributed by atoms with Crippen LogP contribution in [0.3, 0.4) is 0 Å². The zero-order valence-electron chi connectivity index (χ0n) is 12.5. The number of nitrogens with zero attached hydrogens (tertiary/aromatic N) is 4. The number of anilines is 1. The predicted octanol–water partition coefficient (Wildman–Crippen LogP) is 3.44. The van der Waals surface area contributed by atoms with Crippen LogP contribution in [0.15, 0.2) is 43.1 Å². The van der Waals surface area contributed by atoms with Crippen LogP contribution >= 0.6 is 0 Å². The Morgan fingerprint density at radius 1 is 1.09 bits per heavy atom. The van der Waals surface area contributed by atoms with Crippen molar-refractivity contribution in [3.8, 4) is 11.4 Å². The van der Waals surface area contributed by atoms with Crippen molar-refractivity contribution < 1.29 is 0 Å². The Balaban J connectivity index is 1.86. The highest BCUT2D eigenvalue weighted by molar-refractivity contribution is 5.93. The lowest BCUT2D eigenvalue weighted by atomic mass is 9.78. The van der Waals surface area contributed by atoms with Gasteiger partial charge < -0.3 is 5.32 Å². The first kappa shape index (κ1) is 13.1. The number of aromatic nitrogens is 4. The molecule has 3 heterocycles. The van der Waals surface area contributed by atoms with Gasteiger partial charge in [-0.3, -0.25) is 4.98 Å². The third kappa shape index (κ3) is 2.28. The monoisotopic (exact) mass is 291 g/mol. The first-order valence-corrected chi connectivity index (χ1v) is 7.53. The van der Waals surface area contributed by atoms with E-state index in [9.17, 15) is 0 Å². The van der Waals surface area contributed by atoms with Crippen LogP contribution in [0.2, 0.25) is 0 Å². The zero-order valence-corrected chi connectivity index (χ0v) is 12.5. The number of hydrogen-bond donors (Lipinski definition) is 1. The van der Waals surface area contributed by atoms with Crippen molar-refractivity contribution in [3.63, 3.8) is 0 Å². The summed E-state index contributed by atoms with van der Waals surface area (Å²) in [5, 5.41) is 4.79. The van der Waals surface area contributed by atoms with Gasteiger partial charge in [0.2, 0.25) is 0 Å². The standard InChI is InChI=1S/C17H17N5/c1-17(5-2-6-17)22-14-9-15(13-4-8-19-11-20-13)21-16-10-18-7-3-12(14)16/h3-4,7-11H,2,5-6H2,1H3,(H,21,22). The Morgan fingerprint density at radius 3 is 2.68 bits per heavy atom. The molecule has 1 fully saturated rings. The summed E-state index contributed by atoms with van der Waals surface area (Å²) in [6.45, 7) is 2.27. The molecule has 1 saturated carbocycles. The molecular weight excluding hydrogens is 274 g/mol. The van der Waals surface area contributed by atoms with Crippen molar-refractivity contribution >= 4 is 16.6 Å². The van der Waals surface area contributed by atoms with Crippen LogP contribution in [0.4, 0.5) is 5.69 Å². The topological polar surface area (TPSA) is 63.6 Å². The smallest absolute Gasteiger partial charge is 0.116 e. The fourth-order valence-electron chi connectivity index (χ4n) is 2.91. The van der Waals surface area contributed by atoms with Gasteiger partial charge in [-0.2, -0.15) is 0 Å². The van der Waals surface area contributed by atoms with E-state index in [-0.39, 0.29) is 5.54 Å². The Bertz CT molecular complexity index is 812. The van der Waals surface area contributed by atoms with Crippen LogP contribution in [0, 0.1) is 0 Å². The molecule has 0 radical (unpaired) electrons. The van der Waals surface area contributed by atoms with Gasteiger partial charge >= 0.3 is 0 Å². The van der Waals surface area contributed by atoms with Crippen molar-refractivity contribution in [2.24, 2.45) is 0 Å². The van der Waals surface area contributed by atoms with E-state index in [0.717, 1.165) is 28.0 Å². The third-order valence-electron chi connectivity index (χ3n) is 4.35. The van der Waals surface area contributed by atoms with E-state index in [2.05, 4.69) is 38.2 Å². The maximum absolute atomic E-state index is 4.69. The van der Waals surface area contributed by atoms with Crippen molar-refractivity contribution in [2.75, 3.05) is 5.32 Å². The molecule has 5 nitrogen and oxygen atoms in total. The molecule has 1 N–H and O–H groups in total. The molecule has 110 valence electrons. The van der Waals surface area contributed by atoms with E-state index in [0.29, 0.717) is 0 Å². The fraction of sp³-hybridized carbons (Fsp3) is 0.294. The maximum atomic E-state index is 4.69. The molecule has 0 amide bonds. The van der Waals surface area contributed by atoms with Crippen molar-refractivity contribution in [1.82, 2.24) is 19.9 Å². The third-order valence-corrected chi connectivity index (χ3v) is 4.35.